The highest BCUT2D eigenvalue weighted by Gasteiger charge is 2.24. The topological polar surface area (TPSA) is 42.9 Å². The molecule has 5 heteroatoms. The summed E-state index contributed by atoms with van der Waals surface area (Å²) in [7, 11) is 4.03. The van der Waals surface area contributed by atoms with Crippen molar-refractivity contribution in [2.24, 2.45) is 10.9 Å². The van der Waals surface area contributed by atoms with Gasteiger partial charge in [0.25, 0.3) is 0 Å². The van der Waals surface area contributed by atoms with Crippen LogP contribution in [0, 0.1) is 5.92 Å². The van der Waals surface area contributed by atoms with Crippen molar-refractivity contribution in [1.29, 1.82) is 0 Å². The Kier molecular flexibility index (Phi) is 7.30. The summed E-state index contributed by atoms with van der Waals surface area (Å²) in [6.07, 6.45) is 0. The van der Waals surface area contributed by atoms with Crippen LogP contribution in [0.4, 0.5) is 0 Å². The standard InChI is InChI=1S/C15H33N5/c1-12(2)14(20-9-7-19(6)8-10-20)11-17-15(16-5)18-13(3)4/h12-14H,7-11H2,1-6H3,(H2,16,17,18). The van der Waals surface area contributed by atoms with E-state index in [4.69, 9.17) is 0 Å². The molecule has 0 amide bonds. The Balaban J connectivity index is 2.50. The van der Waals surface area contributed by atoms with Crippen molar-refractivity contribution in [1.82, 2.24) is 20.4 Å². The van der Waals surface area contributed by atoms with Gasteiger partial charge < -0.3 is 15.5 Å². The van der Waals surface area contributed by atoms with Crippen LogP contribution in [0.5, 0.6) is 0 Å². The molecule has 20 heavy (non-hydrogen) atoms. The minimum Gasteiger partial charge on any atom is -0.355 e. The first kappa shape index (κ1) is 17.2. The molecule has 1 aliphatic rings. The maximum absolute atomic E-state index is 4.28. The number of nitrogens with one attached hydrogen (secondary N) is 2. The summed E-state index contributed by atoms with van der Waals surface area (Å²) in [6, 6.07) is 0.969. The van der Waals surface area contributed by atoms with Crippen LogP contribution in [0.25, 0.3) is 0 Å². The molecule has 1 heterocycles. The second-order valence-corrected chi connectivity index (χ2v) is 6.40. The summed E-state index contributed by atoms with van der Waals surface area (Å²) < 4.78 is 0. The predicted octanol–water partition coefficient (Wildman–Crippen LogP) is 0.832. The Bertz CT molecular complexity index is 293. The molecule has 1 unspecified atom stereocenters. The van der Waals surface area contributed by atoms with Crippen LogP contribution >= 0.6 is 0 Å². The third kappa shape index (κ3) is 5.67. The van der Waals surface area contributed by atoms with E-state index in [1.165, 1.54) is 13.1 Å². The molecule has 1 fully saturated rings. The van der Waals surface area contributed by atoms with E-state index < -0.39 is 0 Å². The zero-order chi connectivity index (χ0) is 15.1. The lowest BCUT2D eigenvalue weighted by molar-refractivity contribution is 0.0900. The van der Waals surface area contributed by atoms with E-state index in [9.17, 15) is 0 Å². The van der Waals surface area contributed by atoms with E-state index in [0.717, 1.165) is 25.6 Å². The lowest BCUT2D eigenvalue weighted by atomic mass is 10.0. The summed E-state index contributed by atoms with van der Waals surface area (Å²) in [4.78, 5) is 9.30. The second kappa shape index (κ2) is 8.47. The molecule has 0 aromatic heterocycles. The Morgan fingerprint density at radius 2 is 1.70 bits per heavy atom. The number of nitrogens with zero attached hydrogens (tertiary/aromatic N) is 3. The van der Waals surface area contributed by atoms with Crippen molar-refractivity contribution < 1.29 is 0 Å². The molecule has 2 N–H and O–H groups in total. The number of hydrogen-bond donors (Lipinski definition) is 2. The first-order valence-corrected chi connectivity index (χ1v) is 7.83. The van der Waals surface area contributed by atoms with Crippen molar-refractivity contribution >= 4 is 5.96 Å². The molecular weight excluding hydrogens is 250 g/mol. The second-order valence-electron chi connectivity index (χ2n) is 6.40. The highest BCUT2D eigenvalue weighted by Crippen LogP contribution is 2.12. The van der Waals surface area contributed by atoms with E-state index in [-0.39, 0.29) is 0 Å². The van der Waals surface area contributed by atoms with Crippen LogP contribution in [0.3, 0.4) is 0 Å². The number of hydrogen-bond acceptors (Lipinski definition) is 3. The van der Waals surface area contributed by atoms with E-state index in [1.807, 2.05) is 7.05 Å². The minimum atomic E-state index is 0.405. The van der Waals surface area contributed by atoms with Gasteiger partial charge in [0.1, 0.15) is 0 Å². The van der Waals surface area contributed by atoms with E-state index in [1.54, 1.807) is 0 Å². The van der Waals surface area contributed by atoms with Crippen LogP contribution in [0.15, 0.2) is 4.99 Å². The number of aliphatic imine (C=N–C) groups is 1. The summed E-state index contributed by atoms with van der Waals surface area (Å²) in [6.45, 7) is 14.5. The zero-order valence-electron chi connectivity index (χ0n) is 14.1. The van der Waals surface area contributed by atoms with Gasteiger partial charge in [0, 0.05) is 51.9 Å². The van der Waals surface area contributed by atoms with Crippen LogP contribution in [-0.2, 0) is 0 Å². The quantitative estimate of drug-likeness (QED) is 0.579. The highest BCUT2D eigenvalue weighted by molar-refractivity contribution is 5.79. The van der Waals surface area contributed by atoms with E-state index >= 15 is 0 Å². The van der Waals surface area contributed by atoms with Crippen molar-refractivity contribution in [3.63, 3.8) is 0 Å². The van der Waals surface area contributed by atoms with Crippen molar-refractivity contribution in [2.75, 3.05) is 46.8 Å². The Hall–Kier alpha value is -0.810. The van der Waals surface area contributed by atoms with Gasteiger partial charge in [0.15, 0.2) is 5.96 Å². The number of guanidine groups is 1. The molecule has 0 radical (unpaired) electrons. The predicted molar refractivity (Wildman–Crippen MR) is 87.3 cm³/mol. The maximum Gasteiger partial charge on any atom is 0.191 e. The molecule has 5 nitrogen and oxygen atoms in total. The van der Waals surface area contributed by atoms with Gasteiger partial charge in [-0.3, -0.25) is 9.89 Å². The van der Waals surface area contributed by atoms with Crippen LogP contribution < -0.4 is 10.6 Å². The summed E-state index contributed by atoms with van der Waals surface area (Å²) in [5.74, 6) is 1.54. The first-order chi connectivity index (χ1) is 9.43. The normalized spacial score (nSPS) is 20.5. The maximum atomic E-state index is 4.28. The molecule has 0 bridgehead atoms. The number of rotatable bonds is 5. The molecule has 0 saturated carbocycles. The van der Waals surface area contributed by atoms with Crippen molar-refractivity contribution in [3.05, 3.63) is 0 Å². The molecular formula is C15H33N5. The average molecular weight is 283 g/mol. The fourth-order valence-electron chi connectivity index (χ4n) is 2.61. The Labute approximate surface area is 124 Å². The highest BCUT2D eigenvalue weighted by atomic mass is 15.3. The van der Waals surface area contributed by atoms with Crippen LogP contribution in [0.2, 0.25) is 0 Å². The molecule has 0 spiro atoms. The molecule has 1 saturated heterocycles. The third-order valence-corrected chi connectivity index (χ3v) is 3.90. The zero-order valence-corrected chi connectivity index (χ0v) is 14.1. The molecule has 1 atom stereocenters. The van der Waals surface area contributed by atoms with Crippen LogP contribution in [0.1, 0.15) is 27.7 Å². The van der Waals surface area contributed by atoms with Crippen molar-refractivity contribution in [3.8, 4) is 0 Å². The fourth-order valence-corrected chi connectivity index (χ4v) is 2.61. The average Bonchev–Trinajstić information content (AvgIpc) is 2.38. The Morgan fingerprint density at radius 3 is 2.15 bits per heavy atom. The molecule has 1 aliphatic heterocycles. The smallest absolute Gasteiger partial charge is 0.191 e. The summed E-state index contributed by atoms with van der Waals surface area (Å²) in [5.41, 5.74) is 0. The van der Waals surface area contributed by atoms with Gasteiger partial charge in [0.2, 0.25) is 0 Å². The molecule has 1 rings (SSSR count). The van der Waals surface area contributed by atoms with Crippen LogP contribution in [-0.4, -0.2) is 74.7 Å². The lowest BCUT2D eigenvalue weighted by Crippen LogP contribution is -2.55. The van der Waals surface area contributed by atoms with Crippen molar-refractivity contribution in [2.45, 2.75) is 39.8 Å². The van der Waals surface area contributed by atoms with Gasteiger partial charge in [-0.1, -0.05) is 13.8 Å². The molecule has 0 aliphatic carbocycles. The minimum absolute atomic E-state index is 0.405. The van der Waals surface area contributed by atoms with Gasteiger partial charge in [-0.25, -0.2) is 0 Å². The molecule has 0 aromatic rings. The largest absolute Gasteiger partial charge is 0.355 e. The summed E-state index contributed by atoms with van der Waals surface area (Å²) in [5, 5.41) is 6.82. The SMILES string of the molecule is CN=C(NCC(C(C)C)N1CCN(C)CC1)NC(C)C. The number of piperazine rings is 1. The third-order valence-electron chi connectivity index (χ3n) is 3.90. The van der Waals surface area contributed by atoms with Gasteiger partial charge in [-0.05, 0) is 26.8 Å². The van der Waals surface area contributed by atoms with Gasteiger partial charge >= 0.3 is 0 Å². The summed E-state index contributed by atoms with van der Waals surface area (Å²) >= 11 is 0. The van der Waals surface area contributed by atoms with E-state index in [2.05, 4.69) is 60.2 Å². The monoisotopic (exact) mass is 283 g/mol. The van der Waals surface area contributed by atoms with Gasteiger partial charge in [-0.15, -0.1) is 0 Å². The van der Waals surface area contributed by atoms with E-state index in [0.29, 0.717) is 18.0 Å². The number of likely N-dealkylation sites (N-methyl/N-ethyl adjacent to an activating group) is 1. The van der Waals surface area contributed by atoms with Gasteiger partial charge in [-0.2, -0.15) is 0 Å². The molecule has 0 aromatic carbocycles. The van der Waals surface area contributed by atoms with Gasteiger partial charge in [0.05, 0.1) is 0 Å². The lowest BCUT2D eigenvalue weighted by Gasteiger charge is -2.40. The first-order valence-electron chi connectivity index (χ1n) is 7.83. The Morgan fingerprint density at radius 1 is 1.10 bits per heavy atom. The fraction of sp³-hybridized carbons (Fsp3) is 0.933. The molecule has 118 valence electrons.